The summed E-state index contributed by atoms with van der Waals surface area (Å²) >= 11 is 0. The second kappa shape index (κ2) is 7.14. The van der Waals surface area contributed by atoms with Gasteiger partial charge in [-0.15, -0.1) is 0 Å². The fourth-order valence-corrected chi connectivity index (χ4v) is 3.73. The molecule has 1 saturated carbocycles. The largest absolute Gasteiger partial charge is 0.371 e. The fraction of sp³-hybridized carbons (Fsp3) is 0.611. The van der Waals surface area contributed by atoms with Crippen molar-refractivity contribution >= 4 is 11.6 Å². The van der Waals surface area contributed by atoms with Crippen LogP contribution in [-0.2, 0) is 11.2 Å². The van der Waals surface area contributed by atoms with Gasteiger partial charge in [-0.3, -0.25) is 4.79 Å². The fourth-order valence-electron chi connectivity index (χ4n) is 3.73. The first kappa shape index (κ1) is 15.3. The predicted molar refractivity (Wildman–Crippen MR) is 89.9 cm³/mol. The first-order chi connectivity index (χ1) is 10.7. The van der Waals surface area contributed by atoms with Gasteiger partial charge in [-0.05, 0) is 43.7 Å². The van der Waals surface area contributed by atoms with Crippen LogP contribution in [0.1, 0.15) is 37.7 Å². The number of hydrogen-bond donors (Lipinski definition) is 2. The van der Waals surface area contributed by atoms with E-state index >= 15 is 0 Å². The summed E-state index contributed by atoms with van der Waals surface area (Å²) in [5.41, 5.74) is 8.77. The van der Waals surface area contributed by atoms with Crippen molar-refractivity contribution in [1.29, 1.82) is 0 Å². The molecular formula is C18H27N3O. The quantitative estimate of drug-likeness (QED) is 0.819. The summed E-state index contributed by atoms with van der Waals surface area (Å²) in [7, 11) is 0. The van der Waals surface area contributed by atoms with E-state index in [-0.39, 0.29) is 17.9 Å². The van der Waals surface area contributed by atoms with Crippen molar-refractivity contribution in [1.82, 2.24) is 5.32 Å². The second-order valence-electron chi connectivity index (χ2n) is 6.63. The molecule has 4 heteroatoms. The number of hydrogen-bond acceptors (Lipinski definition) is 3. The number of carbonyl (C=O) groups excluding carboxylic acids is 1. The Labute approximate surface area is 133 Å². The van der Waals surface area contributed by atoms with E-state index in [9.17, 15) is 4.79 Å². The summed E-state index contributed by atoms with van der Waals surface area (Å²) in [5, 5.41) is 3.10. The Hall–Kier alpha value is -1.55. The van der Waals surface area contributed by atoms with Gasteiger partial charge in [0.1, 0.15) is 0 Å². The smallest absolute Gasteiger partial charge is 0.223 e. The zero-order chi connectivity index (χ0) is 15.4. The Bertz CT molecular complexity index is 517. The van der Waals surface area contributed by atoms with Crippen molar-refractivity contribution in [2.45, 2.75) is 44.6 Å². The Balaban J connectivity index is 1.38. The minimum absolute atomic E-state index is 0.135. The van der Waals surface area contributed by atoms with Crippen LogP contribution in [0.4, 0.5) is 5.69 Å². The summed E-state index contributed by atoms with van der Waals surface area (Å²) in [6.45, 7) is 2.88. The van der Waals surface area contributed by atoms with Crippen LogP contribution in [0.2, 0.25) is 0 Å². The lowest BCUT2D eigenvalue weighted by atomic mass is 9.85. The lowest BCUT2D eigenvalue weighted by Gasteiger charge is -2.26. The lowest BCUT2D eigenvalue weighted by molar-refractivity contribution is -0.126. The van der Waals surface area contributed by atoms with Crippen LogP contribution in [0.25, 0.3) is 0 Å². The van der Waals surface area contributed by atoms with E-state index in [1.807, 2.05) is 0 Å². The van der Waals surface area contributed by atoms with Crippen LogP contribution < -0.4 is 16.0 Å². The van der Waals surface area contributed by atoms with Gasteiger partial charge in [0, 0.05) is 37.3 Å². The summed E-state index contributed by atoms with van der Waals surface area (Å²) in [6.07, 6.45) is 6.15. The minimum Gasteiger partial charge on any atom is -0.371 e. The first-order valence-electron chi connectivity index (χ1n) is 8.60. The van der Waals surface area contributed by atoms with E-state index in [2.05, 4.69) is 34.5 Å². The monoisotopic (exact) mass is 301 g/mol. The van der Waals surface area contributed by atoms with E-state index in [4.69, 9.17) is 5.73 Å². The van der Waals surface area contributed by atoms with Gasteiger partial charge in [-0.1, -0.05) is 24.6 Å². The van der Waals surface area contributed by atoms with Crippen LogP contribution in [0.5, 0.6) is 0 Å². The third kappa shape index (κ3) is 3.61. The van der Waals surface area contributed by atoms with E-state index in [0.717, 1.165) is 58.2 Å². The molecule has 120 valence electrons. The standard InChI is InChI=1S/C18H27N3O/c19-16-7-3-6-15(13-16)18(22)20-10-4-11-21-12-9-14-5-1-2-8-17(14)21/h1-2,5,8,15-16H,3-4,6-7,9-13,19H2,(H,20,22). The van der Waals surface area contributed by atoms with Gasteiger partial charge in [-0.25, -0.2) is 0 Å². The van der Waals surface area contributed by atoms with Crippen molar-refractivity contribution in [2.75, 3.05) is 24.5 Å². The number of amides is 1. The Morgan fingerprint density at radius 1 is 1.32 bits per heavy atom. The number of fused-ring (bicyclic) bond motifs is 1. The number of para-hydroxylation sites is 1. The van der Waals surface area contributed by atoms with Crippen molar-refractivity contribution in [3.8, 4) is 0 Å². The molecule has 22 heavy (non-hydrogen) atoms. The summed E-state index contributed by atoms with van der Waals surface area (Å²) in [4.78, 5) is 14.6. The van der Waals surface area contributed by atoms with Gasteiger partial charge in [-0.2, -0.15) is 0 Å². The molecule has 1 aromatic rings. The molecule has 4 nitrogen and oxygen atoms in total. The highest BCUT2D eigenvalue weighted by Crippen LogP contribution is 2.27. The summed E-state index contributed by atoms with van der Waals surface area (Å²) in [5.74, 6) is 0.341. The zero-order valence-electron chi connectivity index (χ0n) is 13.3. The van der Waals surface area contributed by atoms with Crippen LogP contribution in [0.15, 0.2) is 24.3 Å². The maximum absolute atomic E-state index is 12.2. The van der Waals surface area contributed by atoms with Crippen molar-refractivity contribution in [3.05, 3.63) is 29.8 Å². The van der Waals surface area contributed by atoms with Crippen molar-refractivity contribution < 1.29 is 4.79 Å². The molecule has 3 rings (SSSR count). The van der Waals surface area contributed by atoms with Crippen molar-refractivity contribution in [2.24, 2.45) is 11.7 Å². The number of nitrogens with zero attached hydrogens (tertiary/aromatic N) is 1. The number of benzene rings is 1. The number of carbonyl (C=O) groups is 1. The molecule has 1 fully saturated rings. The van der Waals surface area contributed by atoms with E-state index < -0.39 is 0 Å². The molecule has 1 aliphatic heterocycles. The highest BCUT2D eigenvalue weighted by atomic mass is 16.1. The van der Waals surface area contributed by atoms with Crippen LogP contribution in [-0.4, -0.2) is 31.6 Å². The average molecular weight is 301 g/mol. The predicted octanol–water partition coefficient (Wildman–Crippen LogP) is 2.07. The average Bonchev–Trinajstić information content (AvgIpc) is 2.95. The van der Waals surface area contributed by atoms with Gasteiger partial charge in [0.05, 0.1) is 0 Å². The van der Waals surface area contributed by atoms with Gasteiger partial charge >= 0.3 is 0 Å². The molecule has 0 aromatic heterocycles. The maximum atomic E-state index is 12.2. The van der Waals surface area contributed by atoms with Crippen molar-refractivity contribution in [3.63, 3.8) is 0 Å². The van der Waals surface area contributed by atoms with Gasteiger partial charge in [0.2, 0.25) is 5.91 Å². The molecule has 1 aromatic carbocycles. The second-order valence-corrected chi connectivity index (χ2v) is 6.63. The molecule has 1 amide bonds. The minimum atomic E-state index is 0.135. The third-order valence-corrected chi connectivity index (χ3v) is 4.97. The molecule has 0 radical (unpaired) electrons. The summed E-state index contributed by atoms with van der Waals surface area (Å²) in [6, 6.07) is 8.83. The number of rotatable bonds is 5. The first-order valence-corrected chi connectivity index (χ1v) is 8.60. The molecule has 0 bridgehead atoms. The Kier molecular flexibility index (Phi) is 4.98. The molecule has 0 saturated heterocycles. The molecule has 0 spiro atoms. The van der Waals surface area contributed by atoms with Crippen LogP contribution >= 0.6 is 0 Å². The topological polar surface area (TPSA) is 58.4 Å². The Morgan fingerprint density at radius 2 is 2.18 bits per heavy atom. The zero-order valence-corrected chi connectivity index (χ0v) is 13.3. The number of anilines is 1. The highest BCUT2D eigenvalue weighted by Gasteiger charge is 2.25. The van der Waals surface area contributed by atoms with Gasteiger partial charge in [0.15, 0.2) is 0 Å². The SMILES string of the molecule is NC1CCCC(C(=O)NCCCN2CCc3ccccc32)C1. The van der Waals surface area contributed by atoms with Crippen LogP contribution in [0.3, 0.4) is 0 Å². The number of nitrogens with two attached hydrogens (primary N) is 1. The van der Waals surface area contributed by atoms with E-state index in [1.165, 1.54) is 11.3 Å². The van der Waals surface area contributed by atoms with E-state index in [1.54, 1.807) is 0 Å². The Morgan fingerprint density at radius 3 is 3.05 bits per heavy atom. The molecule has 1 aliphatic carbocycles. The van der Waals surface area contributed by atoms with Gasteiger partial charge in [0.25, 0.3) is 0 Å². The third-order valence-electron chi connectivity index (χ3n) is 4.97. The van der Waals surface area contributed by atoms with Gasteiger partial charge < -0.3 is 16.0 Å². The number of nitrogens with one attached hydrogen (secondary N) is 1. The normalized spacial score (nSPS) is 24.1. The van der Waals surface area contributed by atoms with E-state index in [0.29, 0.717) is 0 Å². The molecular weight excluding hydrogens is 274 g/mol. The molecule has 2 unspecified atom stereocenters. The molecule has 1 heterocycles. The molecule has 3 N–H and O–H groups in total. The molecule has 2 atom stereocenters. The summed E-state index contributed by atoms with van der Waals surface area (Å²) < 4.78 is 0. The van der Waals surface area contributed by atoms with Crippen LogP contribution in [0, 0.1) is 5.92 Å². The highest BCUT2D eigenvalue weighted by molar-refractivity contribution is 5.78. The lowest BCUT2D eigenvalue weighted by Crippen LogP contribution is -2.38. The molecule has 2 aliphatic rings. The maximum Gasteiger partial charge on any atom is 0.223 e.